The molecule has 0 spiro atoms. The first-order valence-corrected chi connectivity index (χ1v) is 7.72. The minimum Gasteiger partial charge on any atom is -0.300 e. The third-order valence-electron chi connectivity index (χ3n) is 4.46. The summed E-state index contributed by atoms with van der Waals surface area (Å²) < 4.78 is 0. The van der Waals surface area contributed by atoms with Crippen molar-refractivity contribution in [3.8, 4) is 11.1 Å². The molecule has 1 aliphatic rings. The molecular formula is C19H23N. The number of hydrogen-bond acceptors (Lipinski definition) is 1. The molecule has 104 valence electrons. The predicted octanol–water partition coefficient (Wildman–Crippen LogP) is 4.38. The summed E-state index contributed by atoms with van der Waals surface area (Å²) in [5, 5.41) is 0. The van der Waals surface area contributed by atoms with E-state index in [9.17, 15) is 0 Å². The number of hydrogen-bond donors (Lipinski definition) is 0. The van der Waals surface area contributed by atoms with Crippen molar-refractivity contribution >= 4 is 0 Å². The van der Waals surface area contributed by atoms with Crippen molar-refractivity contribution in [1.82, 2.24) is 4.90 Å². The molecule has 1 heteroatoms. The van der Waals surface area contributed by atoms with E-state index in [2.05, 4.69) is 66.4 Å². The summed E-state index contributed by atoms with van der Waals surface area (Å²) in [7, 11) is 0. The minimum atomic E-state index is 0.763. The highest BCUT2D eigenvalue weighted by atomic mass is 15.2. The summed E-state index contributed by atoms with van der Waals surface area (Å²) in [5.74, 6) is 0. The third kappa shape index (κ3) is 2.94. The average molecular weight is 265 g/mol. The number of rotatable bonds is 4. The van der Waals surface area contributed by atoms with Gasteiger partial charge in [-0.3, -0.25) is 0 Å². The Bertz CT molecular complexity index is 547. The van der Waals surface area contributed by atoms with Gasteiger partial charge in [-0.1, -0.05) is 54.6 Å². The quantitative estimate of drug-likeness (QED) is 0.793. The van der Waals surface area contributed by atoms with Crippen LogP contribution in [-0.4, -0.2) is 24.0 Å². The zero-order valence-corrected chi connectivity index (χ0v) is 12.3. The minimum absolute atomic E-state index is 0.763. The predicted molar refractivity (Wildman–Crippen MR) is 85.9 cm³/mol. The molecule has 0 amide bonds. The molecule has 0 aromatic heterocycles. The summed E-state index contributed by atoms with van der Waals surface area (Å²) in [6.07, 6.45) is 3.87. The maximum absolute atomic E-state index is 2.63. The summed E-state index contributed by atoms with van der Waals surface area (Å²) in [6.45, 7) is 4.82. The molecule has 0 saturated carbocycles. The van der Waals surface area contributed by atoms with Gasteiger partial charge >= 0.3 is 0 Å². The fourth-order valence-corrected chi connectivity index (χ4v) is 3.23. The fourth-order valence-electron chi connectivity index (χ4n) is 3.23. The van der Waals surface area contributed by atoms with Crippen LogP contribution < -0.4 is 0 Å². The highest BCUT2D eigenvalue weighted by Crippen LogP contribution is 2.25. The first kappa shape index (κ1) is 13.4. The molecule has 2 aromatic carbocycles. The number of likely N-dealkylation sites (tertiary alicyclic amines) is 1. The van der Waals surface area contributed by atoms with Gasteiger partial charge in [0.1, 0.15) is 0 Å². The van der Waals surface area contributed by atoms with Crippen LogP contribution in [0.15, 0.2) is 54.6 Å². The molecule has 0 unspecified atom stereocenters. The van der Waals surface area contributed by atoms with E-state index in [1.807, 2.05) is 0 Å². The van der Waals surface area contributed by atoms with Crippen molar-refractivity contribution < 1.29 is 0 Å². The van der Waals surface area contributed by atoms with Gasteiger partial charge in [-0.15, -0.1) is 0 Å². The van der Waals surface area contributed by atoms with Crippen LogP contribution >= 0.6 is 0 Å². The van der Waals surface area contributed by atoms with Gasteiger partial charge in [0.15, 0.2) is 0 Å². The molecule has 2 aromatic rings. The third-order valence-corrected chi connectivity index (χ3v) is 4.46. The SMILES string of the molecule is C[C@@H]1CCCN1CCc1ccccc1-c1ccccc1. The van der Waals surface area contributed by atoms with Gasteiger partial charge < -0.3 is 4.90 Å². The maximum atomic E-state index is 2.63. The molecule has 0 bridgehead atoms. The largest absolute Gasteiger partial charge is 0.300 e. The van der Waals surface area contributed by atoms with E-state index in [0.29, 0.717) is 0 Å². The van der Waals surface area contributed by atoms with Crippen LogP contribution in [0.3, 0.4) is 0 Å². The Kier molecular flexibility index (Phi) is 4.17. The lowest BCUT2D eigenvalue weighted by molar-refractivity contribution is 0.272. The summed E-state index contributed by atoms with van der Waals surface area (Å²) >= 11 is 0. The molecule has 0 aliphatic carbocycles. The summed E-state index contributed by atoms with van der Waals surface area (Å²) in [5.41, 5.74) is 4.19. The number of benzene rings is 2. The summed E-state index contributed by atoms with van der Waals surface area (Å²) in [6, 6.07) is 20.3. The molecule has 1 heterocycles. The molecule has 1 atom stereocenters. The topological polar surface area (TPSA) is 3.24 Å². The van der Waals surface area contributed by atoms with Gasteiger partial charge in [0, 0.05) is 12.6 Å². The van der Waals surface area contributed by atoms with E-state index in [1.54, 1.807) is 0 Å². The van der Waals surface area contributed by atoms with Crippen LogP contribution in [0, 0.1) is 0 Å². The Morgan fingerprint density at radius 3 is 2.50 bits per heavy atom. The molecule has 3 rings (SSSR count). The Labute approximate surface area is 122 Å². The Morgan fingerprint density at radius 1 is 1.00 bits per heavy atom. The Balaban J connectivity index is 1.76. The van der Waals surface area contributed by atoms with Crippen molar-refractivity contribution in [2.45, 2.75) is 32.2 Å². The van der Waals surface area contributed by atoms with Crippen molar-refractivity contribution in [3.63, 3.8) is 0 Å². The van der Waals surface area contributed by atoms with Gasteiger partial charge in [0.2, 0.25) is 0 Å². The molecule has 1 saturated heterocycles. The molecule has 20 heavy (non-hydrogen) atoms. The zero-order chi connectivity index (χ0) is 13.8. The van der Waals surface area contributed by atoms with Gasteiger partial charge in [-0.05, 0) is 49.4 Å². The molecular weight excluding hydrogens is 242 g/mol. The first-order valence-electron chi connectivity index (χ1n) is 7.72. The van der Waals surface area contributed by atoms with Crippen LogP contribution in [0.2, 0.25) is 0 Å². The molecule has 0 radical (unpaired) electrons. The van der Waals surface area contributed by atoms with E-state index in [1.165, 1.54) is 42.6 Å². The molecule has 0 N–H and O–H groups in total. The highest BCUT2D eigenvalue weighted by molar-refractivity contribution is 5.67. The number of nitrogens with zero attached hydrogens (tertiary/aromatic N) is 1. The van der Waals surface area contributed by atoms with Gasteiger partial charge in [-0.2, -0.15) is 0 Å². The second-order valence-electron chi connectivity index (χ2n) is 5.80. The van der Waals surface area contributed by atoms with Crippen molar-refractivity contribution in [2.75, 3.05) is 13.1 Å². The van der Waals surface area contributed by atoms with E-state index in [4.69, 9.17) is 0 Å². The normalized spacial score (nSPS) is 19.4. The molecule has 1 nitrogen and oxygen atoms in total. The lowest BCUT2D eigenvalue weighted by Crippen LogP contribution is -2.29. The lowest BCUT2D eigenvalue weighted by atomic mass is 9.97. The van der Waals surface area contributed by atoms with E-state index >= 15 is 0 Å². The van der Waals surface area contributed by atoms with Crippen molar-refractivity contribution in [3.05, 3.63) is 60.2 Å². The van der Waals surface area contributed by atoms with E-state index < -0.39 is 0 Å². The molecule has 1 aliphatic heterocycles. The second-order valence-corrected chi connectivity index (χ2v) is 5.80. The van der Waals surface area contributed by atoms with E-state index in [0.717, 1.165) is 12.5 Å². The average Bonchev–Trinajstić information content (AvgIpc) is 2.92. The standard InChI is InChI=1S/C19H23N/c1-16-8-7-14-20(16)15-13-18-11-5-6-12-19(18)17-9-3-2-4-10-17/h2-6,9-12,16H,7-8,13-15H2,1H3/t16-/m1/s1. The second kappa shape index (κ2) is 6.23. The maximum Gasteiger partial charge on any atom is 0.00675 e. The van der Waals surface area contributed by atoms with Gasteiger partial charge in [0.25, 0.3) is 0 Å². The Morgan fingerprint density at radius 2 is 1.75 bits per heavy atom. The lowest BCUT2D eigenvalue weighted by Gasteiger charge is -2.21. The van der Waals surface area contributed by atoms with Crippen LogP contribution in [0.25, 0.3) is 11.1 Å². The zero-order valence-electron chi connectivity index (χ0n) is 12.3. The van der Waals surface area contributed by atoms with Crippen LogP contribution in [-0.2, 0) is 6.42 Å². The van der Waals surface area contributed by atoms with Crippen LogP contribution in [0.5, 0.6) is 0 Å². The smallest absolute Gasteiger partial charge is 0.00675 e. The van der Waals surface area contributed by atoms with Crippen molar-refractivity contribution in [1.29, 1.82) is 0 Å². The fraction of sp³-hybridized carbons (Fsp3) is 0.368. The highest BCUT2D eigenvalue weighted by Gasteiger charge is 2.19. The van der Waals surface area contributed by atoms with Gasteiger partial charge in [-0.25, -0.2) is 0 Å². The first-order chi connectivity index (χ1) is 9.84. The van der Waals surface area contributed by atoms with Gasteiger partial charge in [0.05, 0.1) is 0 Å². The van der Waals surface area contributed by atoms with Crippen LogP contribution in [0.4, 0.5) is 0 Å². The van der Waals surface area contributed by atoms with Crippen LogP contribution in [0.1, 0.15) is 25.3 Å². The Hall–Kier alpha value is -1.60. The molecule has 1 fully saturated rings. The summed E-state index contributed by atoms with van der Waals surface area (Å²) in [4.78, 5) is 2.63. The monoisotopic (exact) mass is 265 g/mol. The van der Waals surface area contributed by atoms with Crippen molar-refractivity contribution in [2.24, 2.45) is 0 Å². The van der Waals surface area contributed by atoms with E-state index in [-0.39, 0.29) is 0 Å².